The van der Waals surface area contributed by atoms with Crippen molar-refractivity contribution in [2.45, 2.75) is 32.6 Å². The van der Waals surface area contributed by atoms with E-state index in [2.05, 4.69) is 18.9 Å². The van der Waals surface area contributed by atoms with Gasteiger partial charge in [-0.1, -0.05) is 32.0 Å². The molecular formula is C11H24N2OS. The molecule has 0 fully saturated rings. The van der Waals surface area contributed by atoms with Crippen molar-refractivity contribution in [1.82, 2.24) is 4.90 Å². The molecule has 3 N–H and O–H groups in total. The average Bonchev–Trinajstić information content (AvgIpc) is 2.17. The van der Waals surface area contributed by atoms with Gasteiger partial charge in [0.2, 0.25) is 0 Å². The molecule has 0 aliphatic heterocycles. The lowest BCUT2D eigenvalue weighted by Gasteiger charge is -2.20. The fraction of sp³-hybridized carbons (Fsp3) is 0.909. The van der Waals surface area contributed by atoms with Crippen LogP contribution >= 0.6 is 12.2 Å². The Morgan fingerprint density at radius 2 is 1.93 bits per heavy atom. The number of hydrogen-bond acceptors (Lipinski definition) is 3. The van der Waals surface area contributed by atoms with Crippen molar-refractivity contribution in [3.8, 4) is 0 Å². The molecule has 0 amide bonds. The van der Waals surface area contributed by atoms with Crippen LogP contribution in [0.1, 0.15) is 32.6 Å². The van der Waals surface area contributed by atoms with Crippen LogP contribution in [0.25, 0.3) is 0 Å². The van der Waals surface area contributed by atoms with E-state index in [0.717, 1.165) is 25.9 Å². The SMILES string of the molecule is CC(CN(C)CCCCCCO)C(N)=S. The van der Waals surface area contributed by atoms with E-state index in [4.69, 9.17) is 23.1 Å². The van der Waals surface area contributed by atoms with Gasteiger partial charge >= 0.3 is 0 Å². The standard InChI is InChI=1S/C11H24N2OS/c1-10(11(12)15)9-13(2)7-5-3-4-6-8-14/h10,14H,3-9H2,1-2H3,(H2,12,15). The topological polar surface area (TPSA) is 49.5 Å². The molecule has 0 aromatic heterocycles. The molecule has 0 bridgehead atoms. The highest BCUT2D eigenvalue weighted by Gasteiger charge is 2.07. The van der Waals surface area contributed by atoms with Crippen molar-refractivity contribution >= 4 is 17.2 Å². The van der Waals surface area contributed by atoms with Gasteiger partial charge in [-0.2, -0.15) is 0 Å². The third kappa shape index (κ3) is 8.78. The molecule has 0 heterocycles. The molecule has 0 rings (SSSR count). The first-order valence-electron chi connectivity index (χ1n) is 5.66. The second-order valence-corrected chi connectivity index (χ2v) is 4.67. The van der Waals surface area contributed by atoms with Gasteiger partial charge in [-0.3, -0.25) is 0 Å². The van der Waals surface area contributed by atoms with Crippen LogP contribution in [0.2, 0.25) is 0 Å². The number of aliphatic hydroxyl groups is 1. The van der Waals surface area contributed by atoms with Crippen molar-refractivity contribution in [3.63, 3.8) is 0 Å². The minimum Gasteiger partial charge on any atom is -0.396 e. The predicted molar refractivity (Wildman–Crippen MR) is 69.0 cm³/mol. The molecule has 0 aromatic carbocycles. The van der Waals surface area contributed by atoms with Crippen LogP contribution in [0.5, 0.6) is 0 Å². The van der Waals surface area contributed by atoms with Gasteiger partial charge in [0, 0.05) is 19.1 Å². The van der Waals surface area contributed by atoms with Crippen LogP contribution in [0.15, 0.2) is 0 Å². The maximum Gasteiger partial charge on any atom is 0.0768 e. The van der Waals surface area contributed by atoms with E-state index in [9.17, 15) is 0 Å². The Kier molecular flexibility index (Phi) is 8.95. The van der Waals surface area contributed by atoms with E-state index < -0.39 is 0 Å². The summed E-state index contributed by atoms with van der Waals surface area (Å²) in [6.45, 7) is 4.40. The molecule has 0 aliphatic rings. The second kappa shape index (κ2) is 9.07. The van der Waals surface area contributed by atoms with Crippen LogP contribution in [0.4, 0.5) is 0 Å². The van der Waals surface area contributed by atoms with Crippen molar-refractivity contribution in [2.75, 3.05) is 26.7 Å². The Bertz CT molecular complexity index is 176. The minimum atomic E-state index is 0.294. The maximum absolute atomic E-state index is 8.62. The molecule has 0 saturated heterocycles. The molecular weight excluding hydrogens is 208 g/mol. The zero-order chi connectivity index (χ0) is 11.7. The van der Waals surface area contributed by atoms with E-state index >= 15 is 0 Å². The zero-order valence-corrected chi connectivity index (χ0v) is 10.7. The number of nitrogens with zero attached hydrogens (tertiary/aromatic N) is 1. The molecule has 1 atom stereocenters. The van der Waals surface area contributed by atoms with Crippen LogP contribution in [0.3, 0.4) is 0 Å². The van der Waals surface area contributed by atoms with Gasteiger partial charge in [0.05, 0.1) is 4.99 Å². The average molecular weight is 232 g/mol. The Labute approximate surface area is 98.6 Å². The van der Waals surface area contributed by atoms with Crippen LogP contribution < -0.4 is 5.73 Å². The van der Waals surface area contributed by atoms with Gasteiger partial charge in [-0.15, -0.1) is 0 Å². The van der Waals surface area contributed by atoms with E-state index in [1.54, 1.807) is 0 Å². The minimum absolute atomic E-state index is 0.294. The quantitative estimate of drug-likeness (QED) is 0.466. The highest BCUT2D eigenvalue weighted by atomic mass is 32.1. The monoisotopic (exact) mass is 232 g/mol. The van der Waals surface area contributed by atoms with Crippen molar-refractivity contribution in [3.05, 3.63) is 0 Å². The second-order valence-electron chi connectivity index (χ2n) is 4.20. The fourth-order valence-electron chi connectivity index (χ4n) is 1.50. The smallest absolute Gasteiger partial charge is 0.0768 e. The summed E-state index contributed by atoms with van der Waals surface area (Å²) in [4.78, 5) is 2.87. The van der Waals surface area contributed by atoms with Crippen molar-refractivity contribution < 1.29 is 5.11 Å². The summed E-state index contributed by atoms with van der Waals surface area (Å²) in [6.07, 6.45) is 4.41. The third-order valence-electron chi connectivity index (χ3n) is 2.52. The molecule has 1 unspecified atom stereocenters. The van der Waals surface area contributed by atoms with Gasteiger partial charge in [-0.05, 0) is 26.4 Å². The summed E-state index contributed by atoms with van der Waals surface area (Å²) < 4.78 is 0. The zero-order valence-electron chi connectivity index (χ0n) is 9.91. The summed E-state index contributed by atoms with van der Waals surface area (Å²) in [5, 5.41) is 8.62. The Morgan fingerprint density at radius 1 is 1.33 bits per heavy atom. The lowest BCUT2D eigenvalue weighted by atomic mass is 10.1. The molecule has 0 saturated carbocycles. The Hall–Kier alpha value is -0.190. The number of thiocarbonyl (C=S) groups is 1. The lowest BCUT2D eigenvalue weighted by molar-refractivity contribution is 0.276. The first kappa shape index (κ1) is 14.8. The van der Waals surface area contributed by atoms with E-state index in [0.29, 0.717) is 17.5 Å². The molecule has 15 heavy (non-hydrogen) atoms. The predicted octanol–water partition coefficient (Wildman–Crippen LogP) is 1.39. The molecule has 0 aromatic rings. The molecule has 4 heteroatoms. The van der Waals surface area contributed by atoms with Crippen LogP contribution in [-0.2, 0) is 0 Å². The molecule has 0 aliphatic carbocycles. The normalized spacial score (nSPS) is 13.1. The van der Waals surface area contributed by atoms with Crippen LogP contribution in [-0.4, -0.2) is 41.7 Å². The first-order chi connectivity index (χ1) is 7.07. The Balaban J connectivity index is 3.40. The first-order valence-corrected chi connectivity index (χ1v) is 6.07. The highest BCUT2D eigenvalue weighted by molar-refractivity contribution is 7.80. The summed E-state index contributed by atoms with van der Waals surface area (Å²) >= 11 is 4.93. The number of hydrogen-bond donors (Lipinski definition) is 2. The van der Waals surface area contributed by atoms with E-state index in [1.807, 2.05) is 0 Å². The molecule has 0 spiro atoms. The van der Waals surface area contributed by atoms with E-state index in [1.165, 1.54) is 12.8 Å². The van der Waals surface area contributed by atoms with Crippen molar-refractivity contribution in [1.29, 1.82) is 0 Å². The largest absolute Gasteiger partial charge is 0.396 e. The number of unbranched alkanes of at least 4 members (excludes halogenated alkanes) is 3. The van der Waals surface area contributed by atoms with Gasteiger partial charge in [0.15, 0.2) is 0 Å². The highest BCUT2D eigenvalue weighted by Crippen LogP contribution is 2.03. The van der Waals surface area contributed by atoms with Gasteiger partial charge in [0.25, 0.3) is 0 Å². The number of aliphatic hydroxyl groups excluding tert-OH is 1. The number of rotatable bonds is 9. The fourth-order valence-corrected chi connectivity index (χ4v) is 1.57. The Morgan fingerprint density at radius 3 is 2.47 bits per heavy atom. The van der Waals surface area contributed by atoms with Gasteiger partial charge in [-0.25, -0.2) is 0 Å². The molecule has 3 nitrogen and oxygen atoms in total. The summed E-state index contributed by atoms with van der Waals surface area (Å²) in [7, 11) is 2.10. The van der Waals surface area contributed by atoms with Crippen molar-refractivity contribution in [2.24, 2.45) is 11.7 Å². The van der Waals surface area contributed by atoms with Gasteiger partial charge < -0.3 is 15.7 Å². The summed E-state index contributed by atoms with van der Waals surface area (Å²) in [5.41, 5.74) is 5.56. The number of nitrogens with two attached hydrogens (primary N) is 1. The lowest BCUT2D eigenvalue weighted by Crippen LogP contribution is -2.32. The summed E-state index contributed by atoms with van der Waals surface area (Å²) in [5.74, 6) is 0.294. The third-order valence-corrected chi connectivity index (χ3v) is 2.92. The van der Waals surface area contributed by atoms with Crippen LogP contribution in [0, 0.1) is 5.92 Å². The maximum atomic E-state index is 8.62. The summed E-state index contributed by atoms with van der Waals surface area (Å²) in [6, 6.07) is 0. The molecule has 90 valence electrons. The van der Waals surface area contributed by atoms with Gasteiger partial charge in [0.1, 0.15) is 0 Å². The van der Waals surface area contributed by atoms with E-state index in [-0.39, 0.29) is 0 Å². The molecule has 0 radical (unpaired) electrons.